The lowest BCUT2D eigenvalue weighted by Gasteiger charge is -2.33. The molecule has 2 amide bonds. The van der Waals surface area contributed by atoms with Gasteiger partial charge in [-0.15, -0.1) is 0 Å². The van der Waals surface area contributed by atoms with Crippen LogP contribution in [0.2, 0.25) is 0 Å². The number of ether oxygens (including phenoxy) is 2. The molecule has 0 unspecified atom stereocenters. The largest absolute Gasteiger partial charge is 0.489 e. The first kappa shape index (κ1) is 23.7. The molecule has 1 N–H and O–H groups in total. The molecule has 1 saturated heterocycles. The highest BCUT2D eigenvalue weighted by Gasteiger charge is 2.28. The van der Waals surface area contributed by atoms with E-state index in [1.54, 1.807) is 11.8 Å². The molecule has 1 aliphatic heterocycles. The van der Waals surface area contributed by atoms with E-state index in [1.807, 2.05) is 69.3 Å². The van der Waals surface area contributed by atoms with Crippen LogP contribution in [0, 0.1) is 6.92 Å². The zero-order chi connectivity index (χ0) is 24.3. The van der Waals surface area contributed by atoms with Crippen molar-refractivity contribution in [3.63, 3.8) is 0 Å². The fourth-order valence-corrected chi connectivity index (χ4v) is 4.10. The monoisotopic (exact) mass is 464 g/mol. The van der Waals surface area contributed by atoms with E-state index in [-0.39, 0.29) is 18.0 Å². The van der Waals surface area contributed by atoms with Gasteiger partial charge in [0.1, 0.15) is 29.3 Å². The Morgan fingerprint density at radius 2 is 1.79 bits per heavy atom. The number of nitrogens with one attached hydrogen (secondary N) is 1. The molecular weight excluding hydrogens is 432 g/mol. The van der Waals surface area contributed by atoms with E-state index >= 15 is 0 Å². The Morgan fingerprint density at radius 1 is 1.09 bits per heavy atom. The van der Waals surface area contributed by atoms with E-state index < -0.39 is 5.60 Å². The van der Waals surface area contributed by atoms with Crippen LogP contribution in [0.3, 0.4) is 0 Å². The second-order valence-corrected chi connectivity index (χ2v) is 9.68. The van der Waals surface area contributed by atoms with Gasteiger partial charge in [0.2, 0.25) is 0 Å². The molecule has 180 valence electrons. The van der Waals surface area contributed by atoms with Gasteiger partial charge >= 0.3 is 6.09 Å². The lowest BCUT2D eigenvalue weighted by Crippen LogP contribution is -2.47. The number of carbonyl (C=O) groups excluding carboxylic acids is 2. The number of carbonyl (C=O) groups is 2. The first-order valence-corrected chi connectivity index (χ1v) is 11.7. The third-order valence-corrected chi connectivity index (χ3v) is 5.79. The van der Waals surface area contributed by atoms with Crippen molar-refractivity contribution in [2.24, 2.45) is 0 Å². The van der Waals surface area contributed by atoms with Crippen LogP contribution in [0.5, 0.6) is 5.75 Å². The minimum absolute atomic E-state index is 0.0203. The zero-order valence-electron chi connectivity index (χ0n) is 20.2. The number of hydrogen-bond donors (Lipinski definition) is 1. The number of nitrogens with zero attached hydrogens (tertiary/aromatic N) is 1. The van der Waals surface area contributed by atoms with Gasteiger partial charge in [-0.2, -0.15) is 0 Å². The first-order chi connectivity index (χ1) is 16.2. The van der Waals surface area contributed by atoms with Gasteiger partial charge in [-0.1, -0.05) is 30.3 Å². The quantitative estimate of drug-likeness (QED) is 0.543. The predicted octanol–water partition coefficient (Wildman–Crippen LogP) is 5.45. The fraction of sp³-hybridized carbons (Fsp3) is 0.407. The first-order valence-electron chi connectivity index (χ1n) is 11.7. The van der Waals surface area contributed by atoms with Gasteiger partial charge in [0.15, 0.2) is 0 Å². The molecule has 0 aliphatic carbocycles. The van der Waals surface area contributed by atoms with Crippen molar-refractivity contribution in [3.05, 3.63) is 65.4 Å². The Kier molecular flexibility index (Phi) is 6.82. The Hall–Kier alpha value is -3.48. The molecule has 4 rings (SSSR count). The lowest BCUT2D eigenvalue weighted by molar-refractivity contribution is 0.0199. The minimum Gasteiger partial charge on any atom is -0.489 e. The van der Waals surface area contributed by atoms with Crippen LogP contribution < -0.4 is 10.1 Å². The topological polar surface area (TPSA) is 81.0 Å². The number of amides is 2. The number of piperidine rings is 1. The molecule has 1 aliphatic rings. The summed E-state index contributed by atoms with van der Waals surface area (Å²) in [5.74, 6) is 1.07. The van der Waals surface area contributed by atoms with Gasteiger partial charge < -0.3 is 24.1 Å². The average molecular weight is 465 g/mol. The number of aryl methyl sites for hydroxylation is 1. The normalized spacial score (nSPS) is 14.8. The highest BCUT2D eigenvalue weighted by molar-refractivity contribution is 6.07. The van der Waals surface area contributed by atoms with Gasteiger partial charge in [0.25, 0.3) is 5.91 Å². The van der Waals surface area contributed by atoms with Crippen molar-refractivity contribution in [1.82, 2.24) is 10.2 Å². The Morgan fingerprint density at radius 3 is 2.47 bits per heavy atom. The number of likely N-dealkylation sites (tertiary alicyclic amines) is 1. The van der Waals surface area contributed by atoms with Gasteiger partial charge in [-0.05, 0) is 64.3 Å². The van der Waals surface area contributed by atoms with Crippen LogP contribution >= 0.6 is 0 Å². The maximum absolute atomic E-state index is 13.2. The summed E-state index contributed by atoms with van der Waals surface area (Å²) in [6, 6.07) is 15.4. The Labute approximate surface area is 200 Å². The summed E-state index contributed by atoms with van der Waals surface area (Å²) in [6.07, 6.45) is 1.04. The van der Waals surface area contributed by atoms with Crippen molar-refractivity contribution >= 4 is 23.0 Å². The third-order valence-electron chi connectivity index (χ3n) is 5.79. The van der Waals surface area contributed by atoms with E-state index in [0.717, 1.165) is 10.9 Å². The maximum Gasteiger partial charge on any atom is 0.410 e. The van der Waals surface area contributed by atoms with Crippen LogP contribution in [0.25, 0.3) is 11.0 Å². The summed E-state index contributed by atoms with van der Waals surface area (Å²) in [5, 5.41) is 3.85. The van der Waals surface area contributed by atoms with Gasteiger partial charge in [0.05, 0.1) is 5.56 Å². The summed E-state index contributed by atoms with van der Waals surface area (Å²) in [5.41, 5.74) is 1.72. The molecule has 2 heterocycles. The molecule has 0 bridgehead atoms. The smallest absolute Gasteiger partial charge is 0.410 e. The van der Waals surface area contributed by atoms with Crippen molar-refractivity contribution in [3.8, 4) is 5.75 Å². The minimum atomic E-state index is -0.522. The second-order valence-electron chi connectivity index (χ2n) is 9.68. The number of benzene rings is 2. The standard InChI is InChI=1S/C27H32N2O5/c1-18-24(25(30)28-20-12-14-29(15-13-20)26(31)34-27(2,3)4)22-16-21(10-11-23(22)33-18)32-17-19-8-6-5-7-9-19/h5-11,16,20H,12-15,17H2,1-4H3,(H,28,30). The number of rotatable bonds is 5. The highest BCUT2D eigenvalue weighted by atomic mass is 16.6. The molecular formula is C27H32N2O5. The van der Waals surface area contributed by atoms with E-state index in [2.05, 4.69) is 5.32 Å². The summed E-state index contributed by atoms with van der Waals surface area (Å²) in [6.45, 7) is 8.89. The molecule has 7 heteroatoms. The zero-order valence-corrected chi connectivity index (χ0v) is 20.2. The summed E-state index contributed by atoms with van der Waals surface area (Å²) in [7, 11) is 0. The van der Waals surface area contributed by atoms with E-state index in [1.165, 1.54) is 0 Å². The van der Waals surface area contributed by atoms with E-state index in [0.29, 0.717) is 55.2 Å². The summed E-state index contributed by atoms with van der Waals surface area (Å²) >= 11 is 0. The van der Waals surface area contributed by atoms with Crippen LogP contribution in [-0.4, -0.2) is 41.6 Å². The van der Waals surface area contributed by atoms with Gasteiger partial charge in [0, 0.05) is 24.5 Å². The summed E-state index contributed by atoms with van der Waals surface area (Å²) in [4.78, 5) is 27.2. The van der Waals surface area contributed by atoms with Crippen LogP contribution in [-0.2, 0) is 11.3 Å². The van der Waals surface area contributed by atoms with E-state index in [4.69, 9.17) is 13.9 Å². The number of hydrogen-bond acceptors (Lipinski definition) is 5. The Bertz CT molecular complexity index is 1150. The molecule has 0 radical (unpaired) electrons. The van der Waals surface area contributed by atoms with E-state index in [9.17, 15) is 9.59 Å². The SMILES string of the molecule is Cc1oc2ccc(OCc3ccccc3)cc2c1C(=O)NC1CCN(C(=O)OC(C)(C)C)CC1. The lowest BCUT2D eigenvalue weighted by atomic mass is 10.0. The molecule has 3 aromatic rings. The van der Waals surface area contributed by atoms with Crippen LogP contribution in [0.1, 0.15) is 55.3 Å². The van der Waals surface area contributed by atoms with Crippen molar-refractivity contribution in [2.75, 3.05) is 13.1 Å². The molecule has 1 aromatic heterocycles. The van der Waals surface area contributed by atoms with Gasteiger partial charge in [-0.25, -0.2) is 4.79 Å². The summed E-state index contributed by atoms with van der Waals surface area (Å²) < 4.78 is 17.2. The van der Waals surface area contributed by atoms with Crippen molar-refractivity contribution in [1.29, 1.82) is 0 Å². The average Bonchev–Trinajstić information content (AvgIpc) is 3.12. The van der Waals surface area contributed by atoms with Crippen molar-refractivity contribution < 1.29 is 23.5 Å². The number of furan rings is 1. The van der Waals surface area contributed by atoms with Crippen LogP contribution in [0.15, 0.2) is 52.9 Å². The molecule has 0 spiro atoms. The van der Waals surface area contributed by atoms with Crippen LogP contribution in [0.4, 0.5) is 4.79 Å². The maximum atomic E-state index is 13.2. The van der Waals surface area contributed by atoms with Gasteiger partial charge in [-0.3, -0.25) is 4.79 Å². The second kappa shape index (κ2) is 9.79. The molecule has 34 heavy (non-hydrogen) atoms. The number of fused-ring (bicyclic) bond motifs is 1. The predicted molar refractivity (Wildman–Crippen MR) is 130 cm³/mol. The highest BCUT2D eigenvalue weighted by Crippen LogP contribution is 2.30. The molecule has 7 nitrogen and oxygen atoms in total. The molecule has 1 fully saturated rings. The molecule has 0 atom stereocenters. The third kappa shape index (κ3) is 5.71. The Balaban J connectivity index is 1.40. The van der Waals surface area contributed by atoms with Crippen molar-refractivity contribution in [2.45, 2.75) is 58.8 Å². The molecule has 0 saturated carbocycles. The molecule has 2 aromatic carbocycles. The fourth-order valence-electron chi connectivity index (χ4n) is 4.10.